The second-order valence-corrected chi connectivity index (χ2v) is 2.64. The van der Waals surface area contributed by atoms with Crippen LogP contribution in [0.1, 0.15) is 10.4 Å². The van der Waals surface area contributed by atoms with E-state index >= 15 is 0 Å². The van der Waals surface area contributed by atoms with E-state index in [1.807, 2.05) is 0 Å². The standard InChI is InChI=1S/C8H8ClNO2/c1-12-8-3-5(10)2-7(9)6(8)4-11/h2-4H,10H2,1H3. The van der Waals surface area contributed by atoms with E-state index in [4.69, 9.17) is 22.1 Å². The van der Waals surface area contributed by atoms with Crippen molar-refractivity contribution in [1.82, 2.24) is 0 Å². The van der Waals surface area contributed by atoms with Crippen LogP contribution in [0.2, 0.25) is 5.02 Å². The average molecular weight is 186 g/mol. The number of anilines is 1. The minimum Gasteiger partial charge on any atom is -0.496 e. The van der Waals surface area contributed by atoms with Crippen molar-refractivity contribution >= 4 is 23.6 Å². The summed E-state index contributed by atoms with van der Waals surface area (Å²) in [6.07, 6.45) is 0.639. The van der Waals surface area contributed by atoms with E-state index < -0.39 is 0 Å². The molecule has 0 amide bonds. The fraction of sp³-hybridized carbons (Fsp3) is 0.125. The Hall–Kier alpha value is -1.22. The van der Waals surface area contributed by atoms with Gasteiger partial charge in [-0.1, -0.05) is 11.6 Å². The van der Waals surface area contributed by atoms with E-state index in [1.54, 1.807) is 6.07 Å². The second kappa shape index (κ2) is 3.45. The first-order valence-corrected chi connectivity index (χ1v) is 3.65. The minimum atomic E-state index is 0.307. The normalized spacial score (nSPS) is 9.50. The quantitative estimate of drug-likeness (QED) is 0.564. The van der Waals surface area contributed by atoms with Crippen molar-refractivity contribution in [1.29, 1.82) is 0 Å². The van der Waals surface area contributed by atoms with Crippen molar-refractivity contribution in [2.45, 2.75) is 0 Å². The van der Waals surface area contributed by atoms with Gasteiger partial charge in [0.1, 0.15) is 5.75 Å². The predicted octanol–water partition coefficient (Wildman–Crippen LogP) is 1.74. The largest absolute Gasteiger partial charge is 0.496 e. The first kappa shape index (κ1) is 8.87. The van der Waals surface area contributed by atoms with Gasteiger partial charge >= 0.3 is 0 Å². The summed E-state index contributed by atoms with van der Waals surface area (Å²) < 4.78 is 4.90. The van der Waals surface area contributed by atoms with Crippen molar-refractivity contribution in [3.05, 3.63) is 22.7 Å². The minimum absolute atomic E-state index is 0.307. The summed E-state index contributed by atoms with van der Waals surface area (Å²) in [5, 5.41) is 0.307. The predicted molar refractivity (Wildman–Crippen MR) is 47.8 cm³/mol. The van der Waals surface area contributed by atoms with Crippen LogP contribution >= 0.6 is 11.6 Å². The van der Waals surface area contributed by atoms with Gasteiger partial charge < -0.3 is 10.5 Å². The van der Waals surface area contributed by atoms with Gasteiger partial charge in [-0.15, -0.1) is 0 Å². The number of hydrogen-bond donors (Lipinski definition) is 1. The number of carbonyl (C=O) groups excluding carboxylic acids is 1. The first-order chi connectivity index (χ1) is 5.69. The van der Waals surface area contributed by atoms with Gasteiger partial charge in [0.15, 0.2) is 6.29 Å². The van der Waals surface area contributed by atoms with Gasteiger partial charge in [-0.25, -0.2) is 0 Å². The lowest BCUT2D eigenvalue weighted by Crippen LogP contribution is -1.94. The Morgan fingerprint density at radius 3 is 2.75 bits per heavy atom. The van der Waals surface area contributed by atoms with Gasteiger partial charge in [0, 0.05) is 11.8 Å². The molecule has 0 heterocycles. The van der Waals surface area contributed by atoms with E-state index in [0.29, 0.717) is 28.3 Å². The molecule has 0 bridgehead atoms. The van der Waals surface area contributed by atoms with E-state index in [1.165, 1.54) is 13.2 Å². The fourth-order valence-corrected chi connectivity index (χ4v) is 1.16. The first-order valence-electron chi connectivity index (χ1n) is 3.27. The zero-order chi connectivity index (χ0) is 9.14. The molecule has 0 unspecified atom stereocenters. The van der Waals surface area contributed by atoms with Gasteiger partial charge in [-0.05, 0) is 6.07 Å². The van der Waals surface area contributed by atoms with Crippen LogP contribution in [-0.4, -0.2) is 13.4 Å². The third kappa shape index (κ3) is 1.51. The Morgan fingerprint density at radius 2 is 2.25 bits per heavy atom. The van der Waals surface area contributed by atoms with Gasteiger partial charge in [-0.2, -0.15) is 0 Å². The molecule has 0 saturated carbocycles. The molecule has 3 nitrogen and oxygen atoms in total. The second-order valence-electron chi connectivity index (χ2n) is 2.24. The van der Waals surface area contributed by atoms with Crippen molar-refractivity contribution < 1.29 is 9.53 Å². The average Bonchev–Trinajstić information content (AvgIpc) is 2.03. The van der Waals surface area contributed by atoms with Gasteiger partial charge in [-0.3, -0.25) is 4.79 Å². The number of ether oxygens (including phenoxy) is 1. The zero-order valence-corrected chi connectivity index (χ0v) is 7.26. The van der Waals surface area contributed by atoms with Gasteiger partial charge in [0.2, 0.25) is 0 Å². The van der Waals surface area contributed by atoms with E-state index in [2.05, 4.69) is 0 Å². The van der Waals surface area contributed by atoms with Crippen LogP contribution in [0.25, 0.3) is 0 Å². The van der Waals surface area contributed by atoms with Crippen LogP contribution in [0.3, 0.4) is 0 Å². The highest BCUT2D eigenvalue weighted by Gasteiger charge is 2.07. The van der Waals surface area contributed by atoms with E-state index in [9.17, 15) is 4.79 Å². The monoisotopic (exact) mass is 185 g/mol. The molecule has 0 atom stereocenters. The Morgan fingerprint density at radius 1 is 1.58 bits per heavy atom. The molecule has 64 valence electrons. The molecule has 0 fully saturated rings. The molecular weight excluding hydrogens is 178 g/mol. The number of aldehydes is 1. The summed E-state index contributed by atoms with van der Waals surface area (Å²) in [7, 11) is 1.46. The van der Waals surface area contributed by atoms with Crippen molar-refractivity contribution in [2.75, 3.05) is 12.8 Å². The maximum Gasteiger partial charge on any atom is 0.155 e. The third-order valence-corrected chi connectivity index (χ3v) is 1.76. The smallest absolute Gasteiger partial charge is 0.155 e. The topological polar surface area (TPSA) is 52.3 Å². The Labute approximate surface area is 75.1 Å². The van der Waals surface area contributed by atoms with Crippen LogP contribution in [0, 0.1) is 0 Å². The highest BCUT2D eigenvalue weighted by Crippen LogP contribution is 2.27. The van der Waals surface area contributed by atoms with E-state index in [0.717, 1.165) is 0 Å². The Balaban J connectivity index is 3.33. The summed E-state index contributed by atoms with van der Waals surface area (Å²) in [5.74, 6) is 0.398. The molecule has 0 aromatic heterocycles. The number of nitrogens with two attached hydrogens (primary N) is 1. The summed E-state index contributed by atoms with van der Waals surface area (Å²) >= 11 is 5.72. The van der Waals surface area contributed by atoms with Crippen LogP contribution in [0.5, 0.6) is 5.75 Å². The number of nitrogen functional groups attached to an aromatic ring is 1. The summed E-state index contributed by atoms with van der Waals surface area (Å²) in [4.78, 5) is 10.5. The molecule has 0 spiro atoms. The maximum absolute atomic E-state index is 10.5. The molecule has 0 aliphatic rings. The van der Waals surface area contributed by atoms with Crippen molar-refractivity contribution in [3.63, 3.8) is 0 Å². The lowest BCUT2D eigenvalue weighted by Gasteiger charge is -2.05. The third-order valence-electron chi connectivity index (χ3n) is 1.45. The molecule has 0 aliphatic carbocycles. The summed E-state index contributed by atoms with van der Waals surface area (Å²) in [6.45, 7) is 0. The van der Waals surface area contributed by atoms with Crippen LogP contribution in [0.4, 0.5) is 5.69 Å². The molecule has 1 rings (SSSR count). The molecule has 4 heteroatoms. The lowest BCUT2D eigenvalue weighted by molar-refractivity contribution is 0.112. The van der Waals surface area contributed by atoms with Gasteiger partial charge in [0.25, 0.3) is 0 Å². The molecular formula is C8H8ClNO2. The lowest BCUT2D eigenvalue weighted by atomic mass is 10.2. The number of hydrogen-bond acceptors (Lipinski definition) is 3. The maximum atomic E-state index is 10.5. The van der Waals surface area contributed by atoms with E-state index in [-0.39, 0.29) is 0 Å². The zero-order valence-electron chi connectivity index (χ0n) is 6.50. The number of halogens is 1. The van der Waals surface area contributed by atoms with Gasteiger partial charge in [0.05, 0.1) is 17.7 Å². The van der Waals surface area contributed by atoms with Crippen LogP contribution < -0.4 is 10.5 Å². The number of rotatable bonds is 2. The molecule has 0 radical (unpaired) electrons. The number of benzene rings is 1. The molecule has 0 aliphatic heterocycles. The number of methoxy groups -OCH3 is 1. The van der Waals surface area contributed by atoms with Crippen molar-refractivity contribution in [2.24, 2.45) is 0 Å². The molecule has 2 N–H and O–H groups in total. The highest BCUT2D eigenvalue weighted by molar-refractivity contribution is 6.33. The SMILES string of the molecule is COc1cc(N)cc(Cl)c1C=O. The highest BCUT2D eigenvalue weighted by atomic mass is 35.5. The Bertz CT molecular complexity index is 312. The number of carbonyl (C=O) groups is 1. The molecule has 1 aromatic rings. The fourth-order valence-electron chi connectivity index (χ4n) is 0.896. The molecule has 12 heavy (non-hydrogen) atoms. The van der Waals surface area contributed by atoms with Crippen LogP contribution in [-0.2, 0) is 0 Å². The Kier molecular flexibility index (Phi) is 2.55. The van der Waals surface area contributed by atoms with Crippen molar-refractivity contribution in [3.8, 4) is 5.75 Å². The molecule has 0 saturated heterocycles. The summed E-state index contributed by atoms with van der Waals surface area (Å²) in [5.41, 5.74) is 6.28. The molecule has 1 aromatic carbocycles. The van der Waals surface area contributed by atoms with Crippen LogP contribution in [0.15, 0.2) is 12.1 Å². The summed E-state index contributed by atoms with van der Waals surface area (Å²) in [6, 6.07) is 3.06.